The number of carbonyl (C=O) groups is 2. The van der Waals surface area contributed by atoms with Gasteiger partial charge in [-0.1, -0.05) is 12.1 Å². The van der Waals surface area contributed by atoms with E-state index in [4.69, 9.17) is 24.1 Å². The maximum Gasteiger partial charge on any atom is 0.511 e. The van der Waals surface area contributed by atoms with Crippen LogP contribution in [0.5, 0.6) is 17.2 Å². The number of ketones is 1. The summed E-state index contributed by atoms with van der Waals surface area (Å²) < 4.78 is 111. The Morgan fingerprint density at radius 2 is 1.52 bits per heavy atom. The summed E-state index contributed by atoms with van der Waals surface area (Å²) in [6, 6.07) is 9.40. The maximum absolute atomic E-state index is 13.4. The fourth-order valence-corrected chi connectivity index (χ4v) is 3.83. The third kappa shape index (κ3) is 8.45. The second kappa shape index (κ2) is 13.2. The molecule has 0 atom stereocenters. The molecule has 0 aliphatic heterocycles. The van der Waals surface area contributed by atoms with E-state index in [0.29, 0.717) is 5.75 Å². The van der Waals surface area contributed by atoms with Crippen LogP contribution in [0.3, 0.4) is 0 Å². The SMILES string of the molecule is COc1cc2c(CNS(=O)(=O)C(F)(F)F)cnc(C(=O)c3cccc(OC(C)C)c3)c2cc1OC.O=C(O)C(F)(F)F. The van der Waals surface area contributed by atoms with Gasteiger partial charge < -0.3 is 19.3 Å². The molecule has 0 saturated carbocycles. The Hall–Kier alpha value is -4.12. The van der Waals surface area contributed by atoms with Crippen molar-refractivity contribution >= 4 is 32.5 Å². The molecule has 3 rings (SSSR count). The number of carbonyl (C=O) groups excluding carboxylic acids is 1. The van der Waals surface area contributed by atoms with Gasteiger partial charge in [-0.05, 0) is 49.1 Å². The van der Waals surface area contributed by atoms with Crippen LogP contribution in [0.2, 0.25) is 0 Å². The number of methoxy groups -OCH3 is 2. The minimum atomic E-state index is -5.59. The van der Waals surface area contributed by atoms with Crippen LogP contribution in [0.15, 0.2) is 42.6 Å². The molecule has 0 aliphatic rings. The van der Waals surface area contributed by atoms with Crippen molar-refractivity contribution in [3.63, 3.8) is 0 Å². The molecule has 10 nitrogen and oxygen atoms in total. The standard InChI is InChI=1S/C23H23F3N2O6S.C2HF3O2/c1-13(2)34-16-7-5-6-14(8-16)22(29)21-18-10-20(33-4)19(32-3)9-17(18)15(11-27-21)12-28-35(30,31)23(24,25)26;3-2(4,5)1(6)7/h5-11,13,28H,12H2,1-4H3;(H,6,7). The number of aliphatic carboxylic acids is 1. The van der Waals surface area contributed by atoms with Gasteiger partial charge in [0.2, 0.25) is 5.78 Å². The summed E-state index contributed by atoms with van der Waals surface area (Å²) in [5.41, 5.74) is -5.11. The Bertz CT molecular complexity index is 1560. The zero-order valence-electron chi connectivity index (χ0n) is 22.3. The number of halogens is 6. The molecule has 0 bridgehead atoms. The normalized spacial score (nSPS) is 12.0. The van der Waals surface area contributed by atoms with Crippen molar-refractivity contribution in [2.75, 3.05) is 14.2 Å². The number of ether oxygens (including phenoxy) is 3. The Morgan fingerprint density at radius 1 is 0.976 bits per heavy atom. The number of fused-ring (bicyclic) bond motifs is 1. The molecule has 2 N–H and O–H groups in total. The van der Waals surface area contributed by atoms with Crippen molar-refractivity contribution in [3.8, 4) is 17.2 Å². The first-order chi connectivity index (χ1) is 19.3. The lowest BCUT2D eigenvalue weighted by Crippen LogP contribution is -2.36. The molecule has 0 amide bonds. The van der Waals surface area contributed by atoms with E-state index in [1.165, 1.54) is 31.1 Å². The van der Waals surface area contributed by atoms with Gasteiger partial charge in [0.1, 0.15) is 11.4 Å². The molecular formula is C25H24F6N2O8S. The van der Waals surface area contributed by atoms with Crippen LogP contribution >= 0.6 is 0 Å². The zero-order chi connectivity index (χ0) is 32.0. The topological polar surface area (TPSA) is 141 Å². The van der Waals surface area contributed by atoms with Crippen LogP contribution in [0.1, 0.15) is 35.5 Å². The van der Waals surface area contributed by atoms with Crippen LogP contribution < -0.4 is 18.9 Å². The van der Waals surface area contributed by atoms with Gasteiger partial charge in [0.25, 0.3) is 0 Å². The minimum Gasteiger partial charge on any atom is -0.493 e. The smallest absolute Gasteiger partial charge is 0.493 e. The van der Waals surface area contributed by atoms with Crippen LogP contribution in [-0.2, 0) is 21.4 Å². The highest BCUT2D eigenvalue weighted by Gasteiger charge is 2.45. The lowest BCUT2D eigenvalue weighted by atomic mass is 9.99. The predicted molar refractivity (Wildman–Crippen MR) is 136 cm³/mol. The Morgan fingerprint density at radius 3 is 2.00 bits per heavy atom. The average Bonchev–Trinajstić information content (AvgIpc) is 2.89. The van der Waals surface area contributed by atoms with E-state index in [2.05, 4.69) is 4.98 Å². The number of hydrogen-bond acceptors (Lipinski definition) is 8. The molecule has 0 spiro atoms. The molecule has 0 fully saturated rings. The number of alkyl halides is 6. The molecule has 230 valence electrons. The predicted octanol–water partition coefficient (Wildman–Crippen LogP) is 4.84. The van der Waals surface area contributed by atoms with Crippen molar-refractivity contribution in [1.29, 1.82) is 0 Å². The number of nitrogens with one attached hydrogen (secondary N) is 1. The van der Waals surface area contributed by atoms with Crippen molar-refractivity contribution < 1.29 is 63.7 Å². The summed E-state index contributed by atoms with van der Waals surface area (Å²) in [5, 5.41) is 7.63. The van der Waals surface area contributed by atoms with Gasteiger partial charge in [0.15, 0.2) is 11.5 Å². The third-order valence-corrected chi connectivity index (χ3v) is 6.29. The van der Waals surface area contributed by atoms with Gasteiger partial charge in [-0.15, -0.1) is 0 Å². The van der Waals surface area contributed by atoms with E-state index in [0.717, 1.165) is 6.20 Å². The molecule has 2 aromatic carbocycles. The summed E-state index contributed by atoms with van der Waals surface area (Å²) in [4.78, 5) is 26.4. The number of carboxylic acids is 1. The number of pyridine rings is 1. The van der Waals surface area contributed by atoms with Gasteiger partial charge >= 0.3 is 27.7 Å². The highest BCUT2D eigenvalue weighted by molar-refractivity contribution is 7.90. The lowest BCUT2D eigenvalue weighted by Gasteiger charge is -2.15. The molecule has 0 unspecified atom stereocenters. The Kier molecular flexibility index (Phi) is 10.7. The van der Waals surface area contributed by atoms with E-state index in [1.807, 2.05) is 13.8 Å². The number of carboxylic acid groups (broad SMARTS) is 1. The van der Waals surface area contributed by atoms with Crippen LogP contribution in [0.4, 0.5) is 26.3 Å². The second-order valence-electron chi connectivity index (χ2n) is 8.48. The minimum absolute atomic E-state index is 0.00919. The number of sulfonamides is 1. The molecule has 42 heavy (non-hydrogen) atoms. The fourth-order valence-electron chi connectivity index (χ4n) is 3.32. The van der Waals surface area contributed by atoms with Gasteiger partial charge in [-0.3, -0.25) is 9.78 Å². The van der Waals surface area contributed by atoms with E-state index < -0.39 is 40.0 Å². The quantitative estimate of drug-likeness (QED) is 0.252. The summed E-state index contributed by atoms with van der Waals surface area (Å²) in [5.74, 6) is -2.27. The van der Waals surface area contributed by atoms with Crippen molar-refractivity contribution in [2.45, 2.75) is 38.2 Å². The van der Waals surface area contributed by atoms with Crippen LogP contribution in [-0.4, -0.2) is 62.3 Å². The maximum atomic E-state index is 13.4. The highest BCUT2D eigenvalue weighted by Crippen LogP contribution is 2.36. The molecule has 17 heteroatoms. The van der Waals surface area contributed by atoms with Gasteiger partial charge in [0, 0.05) is 23.7 Å². The van der Waals surface area contributed by atoms with Crippen molar-refractivity contribution in [2.24, 2.45) is 0 Å². The Labute approximate surface area is 235 Å². The highest BCUT2D eigenvalue weighted by atomic mass is 32.2. The first-order valence-electron chi connectivity index (χ1n) is 11.5. The van der Waals surface area contributed by atoms with Crippen LogP contribution in [0.25, 0.3) is 10.8 Å². The summed E-state index contributed by atoms with van der Waals surface area (Å²) >= 11 is 0. The summed E-state index contributed by atoms with van der Waals surface area (Å²) in [7, 11) is -2.85. The molecule has 3 aromatic rings. The number of hydrogen-bond donors (Lipinski definition) is 2. The molecule has 1 aromatic heterocycles. The van der Waals surface area contributed by atoms with Gasteiger partial charge in [0.05, 0.1) is 20.3 Å². The van der Waals surface area contributed by atoms with Crippen molar-refractivity contribution in [1.82, 2.24) is 9.71 Å². The number of nitrogens with zero attached hydrogens (tertiary/aromatic N) is 1. The number of benzene rings is 2. The lowest BCUT2D eigenvalue weighted by molar-refractivity contribution is -0.192. The summed E-state index contributed by atoms with van der Waals surface area (Å²) in [6.07, 6.45) is -4.05. The zero-order valence-corrected chi connectivity index (χ0v) is 23.1. The first-order valence-corrected chi connectivity index (χ1v) is 13.0. The van der Waals surface area contributed by atoms with Gasteiger partial charge in [-0.25, -0.2) is 17.9 Å². The Balaban J connectivity index is 0.000000782. The number of rotatable bonds is 9. The molecular weight excluding hydrogens is 602 g/mol. The monoisotopic (exact) mass is 626 g/mol. The average molecular weight is 627 g/mol. The second-order valence-corrected chi connectivity index (χ2v) is 10.2. The van der Waals surface area contributed by atoms with E-state index in [-0.39, 0.29) is 45.2 Å². The molecule has 1 heterocycles. The van der Waals surface area contributed by atoms with E-state index in [1.54, 1.807) is 24.3 Å². The largest absolute Gasteiger partial charge is 0.511 e. The third-order valence-electron chi connectivity index (χ3n) is 5.16. The molecule has 0 radical (unpaired) electrons. The number of aromatic nitrogens is 1. The summed E-state index contributed by atoms with van der Waals surface area (Å²) in [6.45, 7) is 2.97. The van der Waals surface area contributed by atoms with Crippen LogP contribution in [0, 0.1) is 0 Å². The first kappa shape index (κ1) is 34.1. The molecule has 0 aliphatic carbocycles. The fraction of sp³-hybridized carbons (Fsp3) is 0.320. The van der Waals surface area contributed by atoms with E-state index >= 15 is 0 Å². The van der Waals surface area contributed by atoms with E-state index in [9.17, 15) is 39.6 Å². The molecule has 0 saturated heterocycles. The van der Waals surface area contributed by atoms with Gasteiger partial charge in [-0.2, -0.15) is 26.3 Å². The van der Waals surface area contributed by atoms with Crippen molar-refractivity contribution in [3.05, 3.63) is 59.4 Å².